The van der Waals surface area contributed by atoms with Gasteiger partial charge in [0.1, 0.15) is 11.4 Å². The van der Waals surface area contributed by atoms with E-state index >= 15 is 0 Å². The number of nitrogens with one attached hydrogen (secondary N) is 1. The molecule has 0 unspecified atom stereocenters. The molecular weight excluding hydrogens is 220 g/mol. The van der Waals surface area contributed by atoms with E-state index in [1.807, 2.05) is 13.8 Å². The fraction of sp³-hybridized carbons (Fsp3) is 0.455. The standard InChI is InChI=1S/C11H14N4O2/c1-7-9(4-5-10(16)17-3)8(2)15-11(14-7)12-6-13-15/h6H,4-5H2,1-3H3/p+1. The van der Waals surface area contributed by atoms with Crippen molar-refractivity contribution in [1.82, 2.24) is 15.1 Å². The maximum absolute atomic E-state index is 11.2. The number of rotatable bonds is 3. The summed E-state index contributed by atoms with van der Waals surface area (Å²) in [5, 5.41) is 2.98. The van der Waals surface area contributed by atoms with E-state index in [9.17, 15) is 4.79 Å². The smallest absolute Gasteiger partial charge is 0.457 e. The molecule has 0 atom stereocenters. The van der Waals surface area contributed by atoms with E-state index < -0.39 is 0 Å². The zero-order valence-electron chi connectivity index (χ0n) is 10.1. The number of nitrogens with zero attached hydrogens (tertiary/aromatic N) is 3. The van der Waals surface area contributed by atoms with Crippen LogP contribution < -0.4 is 4.52 Å². The van der Waals surface area contributed by atoms with Gasteiger partial charge in [0, 0.05) is 12.0 Å². The molecule has 6 nitrogen and oxygen atoms in total. The third-order valence-corrected chi connectivity index (χ3v) is 2.85. The van der Waals surface area contributed by atoms with E-state index in [0.717, 1.165) is 17.0 Å². The van der Waals surface area contributed by atoms with E-state index in [1.54, 1.807) is 10.8 Å². The summed E-state index contributed by atoms with van der Waals surface area (Å²) in [6.45, 7) is 3.90. The summed E-state index contributed by atoms with van der Waals surface area (Å²) in [6.07, 6.45) is 2.58. The average Bonchev–Trinajstić information content (AvgIpc) is 2.76. The molecule has 90 valence electrons. The number of carbonyl (C=O) groups is 1. The molecule has 0 radical (unpaired) electrons. The Kier molecular flexibility index (Phi) is 3.03. The Morgan fingerprint density at radius 3 is 3.00 bits per heavy atom. The van der Waals surface area contributed by atoms with Gasteiger partial charge in [0.25, 0.3) is 0 Å². The lowest BCUT2D eigenvalue weighted by Gasteiger charge is -2.04. The lowest BCUT2D eigenvalue weighted by atomic mass is 10.1. The van der Waals surface area contributed by atoms with Gasteiger partial charge in [-0.05, 0) is 20.3 Å². The number of aryl methyl sites for hydroxylation is 2. The van der Waals surface area contributed by atoms with Crippen LogP contribution in [0.3, 0.4) is 0 Å². The number of hydrogen-bond donors (Lipinski definition) is 1. The largest absolute Gasteiger partial charge is 0.469 e. The molecule has 0 aliphatic heterocycles. The topological polar surface area (TPSA) is 72.0 Å². The molecule has 2 aromatic rings. The number of hydrogen-bond acceptors (Lipinski definition) is 4. The first-order valence-electron chi connectivity index (χ1n) is 5.41. The van der Waals surface area contributed by atoms with Crippen molar-refractivity contribution in [2.45, 2.75) is 26.7 Å². The summed E-state index contributed by atoms with van der Waals surface area (Å²) in [6, 6.07) is 0. The predicted molar refractivity (Wildman–Crippen MR) is 59.4 cm³/mol. The average molecular weight is 235 g/mol. The second-order valence-corrected chi connectivity index (χ2v) is 3.86. The van der Waals surface area contributed by atoms with E-state index in [-0.39, 0.29) is 5.97 Å². The van der Waals surface area contributed by atoms with Crippen LogP contribution in [0.15, 0.2) is 6.33 Å². The molecule has 0 aromatic carbocycles. The third kappa shape index (κ3) is 2.11. The molecule has 0 aliphatic carbocycles. The summed E-state index contributed by atoms with van der Waals surface area (Å²) in [4.78, 5) is 19.6. The first kappa shape index (κ1) is 11.5. The van der Waals surface area contributed by atoms with Crippen molar-refractivity contribution in [2.24, 2.45) is 0 Å². The molecule has 17 heavy (non-hydrogen) atoms. The highest BCUT2D eigenvalue weighted by molar-refractivity contribution is 5.69. The van der Waals surface area contributed by atoms with Crippen LogP contribution >= 0.6 is 0 Å². The predicted octanol–water partition coefficient (Wildman–Crippen LogP) is 0.266. The van der Waals surface area contributed by atoms with Crippen molar-refractivity contribution >= 4 is 11.7 Å². The summed E-state index contributed by atoms with van der Waals surface area (Å²) in [5.41, 5.74) is 2.98. The Hall–Kier alpha value is -1.98. The van der Waals surface area contributed by atoms with E-state index in [0.29, 0.717) is 18.6 Å². The number of esters is 1. The van der Waals surface area contributed by atoms with Crippen molar-refractivity contribution in [3.8, 4) is 0 Å². The molecule has 2 rings (SSSR count). The van der Waals surface area contributed by atoms with Gasteiger partial charge in [0.15, 0.2) is 6.33 Å². The maximum Gasteiger partial charge on any atom is 0.457 e. The van der Waals surface area contributed by atoms with Crippen molar-refractivity contribution < 1.29 is 14.0 Å². The first-order chi connectivity index (χ1) is 8.13. The molecule has 0 saturated carbocycles. The summed E-state index contributed by atoms with van der Waals surface area (Å²) in [5.74, 6) is 0.431. The Morgan fingerprint density at radius 2 is 2.29 bits per heavy atom. The van der Waals surface area contributed by atoms with Gasteiger partial charge < -0.3 is 4.74 Å². The van der Waals surface area contributed by atoms with Crippen molar-refractivity contribution in [1.29, 1.82) is 0 Å². The lowest BCUT2D eigenvalue weighted by Crippen LogP contribution is -2.31. The van der Waals surface area contributed by atoms with Gasteiger partial charge in [-0.15, -0.1) is 4.52 Å². The van der Waals surface area contributed by atoms with Gasteiger partial charge in [-0.2, -0.15) is 0 Å². The molecule has 6 heteroatoms. The Morgan fingerprint density at radius 1 is 1.53 bits per heavy atom. The van der Waals surface area contributed by atoms with Crippen LogP contribution in [0.5, 0.6) is 0 Å². The van der Waals surface area contributed by atoms with Gasteiger partial charge in [0.2, 0.25) is 0 Å². The highest BCUT2D eigenvalue weighted by Gasteiger charge is 2.18. The van der Waals surface area contributed by atoms with Gasteiger partial charge >= 0.3 is 11.7 Å². The van der Waals surface area contributed by atoms with Crippen LogP contribution in [0.4, 0.5) is 0 Å². The minimum Gasteiger partial charge on any atom is -0.469 e. The Bertz CT molecular complexity index is 562. The highest BCUT2D eigenvalue weighted by atomic mass is 16.5. The monoisotopic (exact) mass is 235 g/mol. The fourth-order valence-corrected chi connectivity index (χ4v) is 1.89. The van der Waals surface area contributed by atoms with Crippen LogP contribution in [0, 0.1) is 13.8 Å². The van der Waals surface area contributed by atoms with Gasteiger partial charge in [0.05, 0.1) is 7.11 Å². The van der Waals surface area contributed by atoms with Gasteiger partial charge in [-0.25, -0.2) is 5.10 Å². The van der Waals surface area contributed by atoms with Crippen LogP contribution in [0.25, 0.3) is 5.78 Å². The minimum atomic E-state index is -0.210. The summed E-state index contributed by atoms with van der Waals surface area (Å²) < 4.78 is 6.44. The van der Waals surface area contributed by atoms with E-state index in [1.165, 1.54) is 7.11 Å². The first-order valence-corrected chi connectivity index (χ1v) is 5.41. The zero-order valence-corrected chi connectivity index (χ0v) is 10.1. The summed E-state index contributed by atoms with van der Waals surface area (Å²) >= 11 is 0. The van der Waals surface area contributed by atoms with Crippen LogP contribution in [-0.2, 0) is 16.0 Å². The molecule has 2 heterocycles. The molecule has 2 aromatic heterocycles. The molecule has 0 fully saturated rings. The Labute approximate surface area is 98.6 Å². The van der Waals surface area contributed by atoms with Crippen molar-refractivity contribution in [2.75, 3.05) is 7.11 Å². The maximum atomic E-state index is 11.2. The third-order valence-electron chi connectivity index (χ3n) is 2.85. The fourth-order valence-electron chi connectivity index (χ4n) is 1.89. The molecule has 0 aliphatic rings. The molecule has 0 saturated heterocycles. The highest BCUT2D eigenvalue weighted by Crippen LogP contribution is 2.11. The number of aromatic amines is 1. The number of carbonyl (C=O) groups excluding carboxylic acids is 1. The van der Waals surface area contributed by atoms with Crippen LogP contribution in [0.1, 0.15) is 23.4 Å². The number of fused-ring (bicyclic) bond motifs is 1. The molecule has 0 spiro atoms. The SMILES string of the molecule is COC(=O)CCc1c(C)nc2nc[nH][n+]2c1C. The number of H-pyrrole nitrogens is 1. The zero-order chi connectivity index (χ0) is 12.4. The lowest BCUT2D eigenvalue weighted by molar-refractivity contribution is -0.587. The van der Waals surface area contributed by atoms with Crippen molar-refractivity contribution in [3.63, 3.8) is 0 Å². The van der Waals surface area contributed by atoms with Crippen molar-refractivity contribution in [3.05, 3.63) is 23.3 Å². The second-order valence-electron chi connectivity index (χ2n) is 3.86. The molecule has 1 N–H and O–H groups in total. The number of ether oxygens (including phenoxy) is 1. The Balaban J connectivity index is 2.35. The normalized spacial score (nSPS) is 10.8. The minimum absolute atomic E-state index is 0.210. The number of methoxy groups -OCH3 is 1. The van der Waals surface area contributed by atoms with Gasteiger partial charge in [-0.3, -0.25) is 4.79 Å². The molecular formula is C11H15N4O2+. The summed E-state index contributed by atoms with van der Waals surface area (Å²) in [7, 11) is 1.40. The molecule has 0 bridgehead atoms. The van der Waals surface area contributed by atoms with Gasteiger partial charge in [-0.1, -0.05) is 9.97 Å². The number of aromatic nitrogens is 4. The van der Waals surface area contributed by atoms with Crippen LogP contribution in [0.2, 0.25) is 0 Å². The van der Waals surface area contributed by atoms with E-state index in [4.69, 9.17) is 0 Å². The molecule has 0 amide bonds. The van der Waals surface area contributed by atoms with Crippen LogP contribution in [-0.4, -0.2) is 28.1 Å². The van der Waals surface area contributed by atoms with E-state index in [2.05, 4.69) is 19.8 Å². The quantitative estimate of drug-likeness (QED) is 0.612. The second kappa shape index (κ2) is 4.48.